The van der Waals surface area contributed by atoms with Crippen molar-refractivity contribution in [3.8, 4) is 5.75 Å². The first-order valence-electron chi connectivity index (χ1n) is 11.3. The minimum Gasteiger partial charge on any atom is -0.462 e. The standard InChI is InChI=1S/C22H29BrN3O10P/c1-12(2)34-19(29)13(3)25-37(32,36-14-8-6-5-7-9-14)33-11-16-17(27)22(4,31)20(35-16)26-10-15(23)18(28)24-21(26)30/h5-10,12-13,16-17,20,27,31H,11H2,1-4H3,(H,25,32)(H,24,28,30). The van der Waals surface area contributed by atoms with E-state index in [1.807, 2.05) is 0 Å². The average Bonchev–Trinajstić information content (AvgIpc) is 3.03. The molecule has 0 bridgehead atoms. The summed E-state index contributed by atoms with van der Waals surface area (Å²) in [5.41, 5.74) is -3.58. The number of carbonyl (C=O) groups excluding carboxylic acids is 1. The topological polar surface area (TPSA) is 178 Å². The first-order valence-corrected chi connectivity index (χ1v) is 13.6. The number of carbonyl (C=O) groups is 1. The van der Waals surface area contributed by atoms with Crippen LogP contribution < -0.4 is 20.9 Å². The monoisotopic (exact) mass is 605 g/mol. The van der Waals surface area contributed by atoms with Crippen molar-refractivity contribution in [3.05, 3.63) is 61.8 Å². The quantitative estimate of drug-likeness (QED) is 0.227. The Kier molecular flexibility index (Phi) is 9.17. The maximum atomic E-state index is 13.6. The molecular weight excluding hydrogens is 577 g/mol. The van der Waals surface area contributed by atoms with Gasteiger partial charge in [0.1, 0.15) is 29.6 Å². The molecule has 0 aliphatic carbocycles. The van der Waals surface area contributed by atoms with Crippen LogP contribution in [-0.4, -0.2) is 62.3 Å². The number of H-pyrrole nitrogens is 1. The Morgan fingerprint density at radius 1 is 1.30 bits per heavy atom. The van der Waals surface area contributed by atoms with E-state index in [1.54, 1.807) is 32.0 Å². The number of rotatable bonds is 10. The van der Waals surface area contributed by atoms with Gasteiger partial charge in [0.15, 0.2) is 6.23 Å². The molecule has 15 heteroatoms. The molecule has 1 saturated heterocycles. The zero-order valence-corrected chi connectivity index (χ0v) is 23.0. The van der Waals surface area contributed by atoms with E-state index < -0.39 is 67.8 Å². The van der Waals surface area contributed by atoms with E-state index in [1.165, 1.54) is 26.0 Å². The second-order valence-electron chi connectivity index (χ2n) is 8.88. The predicted molar refractivity (Wildman–Crippen MR) is 134 cm³/mol. The van der Waals surface area contributed by atoms with Gasteiger partial charge >= 0.3 is 19.4 Å². The maximum Gasteiger partial charge on any atom is 0.459 e. The number of aromatic amines is 1. The molecule has 6 atom stereocenters. The Morgan fingerprint density at radius 2 is 1.95 bits per heavy atom. The van der Waals surface area contributed by atoms with Crippen LogP contribution in [0.5, 0.6) is 5.75 Å². The number of aliphatic hydroxyl groups excluding tert-OH is 1. The summed E-state index contributed by atoms with van der Waals surface area (Å²) >= 11 is 3.01. The van der Waals surface area contributed by atoms with Gasteiger partial charge in [0.05, 0.1) is 17.2 Å². The molecule has 1 aliphatic heterocycles. The Bertz CT molecular complexity index is 1270. The van der Waals surface area contributed by atoms with Gasteiger partial charge in [-0.25, -0.2) is 9.36 Å². The third-order valence-electron chi connectivity index (χ3n) is 5.37. The molecule has 13 nitrogen and oxygen atoms in total. The number of esters is 1. The average molecular weight is 606 g/mol. The second kappa shape index (κ2) is 11.6. The fraction of sp³-hybridized carbons (Fsp3) is 0.500. The van der Waals surface area contributed by atoms with Gasteiger partial charge in [0.25, 0.3) is 5.56 Å². The van der Waals surface area contributed by atoms with E-state index in [2.05, 4.69) is 26.0 Å². The lowest BCUT2D eigenvalue weighted by molar-refractivity contribution is -0.149. The molecule has 4 N–H and O–H groups in total. The number of hydrogen-bond donors (Lipinski definition) is 4. The van der Waals surface area contributed by atoms with Gasteiger partial charge in [-0.3, -0.25) is 23.7 Å². The summed E-state index contributed by atoms with van der Waals surface area (Å²) < 4.78 is 36.4. The normalized spacial score (nSPS) is 26.0. The fourth-order valence-corrected chi connectivity index (χ4v) is 5.34. The molecule has 0 radical (unpaired) electrons. The molecule has 1 aromatic carbocycles. The highest BCUT2D eigenvalue weighted by molar-refractivity contribution is 9.10. The van der Waals surface area contributed by atoms with Crippen molar-refractivity contribution in [1.29, 1.82) is 0 Å². The highest BCUT2D eigenvalue weighted by atomic mass is 79.9. The van der Waals surface area contributed by atoms with Crippen LogP contribution in [0.3, 0.4) is 0 Å². The van der Waals surface area contributed by atoms with E-state index >= 15 is 0 Å². The number of aromatic nitrogens is 2. The molecule has 0 amide bonds. The third-order valence-corrected chi connectivity index (χ3v) is 7.57. The van der Waals surface area contributed by atoms with E-state index in [-0.39, 0.29) is 10.2 Å². The van der Waals surface area contributed by atoms with Gasteiger partial charge in [-0.1, -0.05) is 18.2 Å². The largest absolute Gasteiger partial charge is 0.462 e. The maximum absolute atomic E-state index is 13.6. The van der Waals surface area contributed by atoms with E-state index in [0.717, 1.165) is 10.8 Å². The molecule has 204 valence electrons. The highest BCUT2D eigenvalue weighted by Crippen LogP contribution is 2.46. The summed E-state index contributed by atoms with van der Waals surface area (Å²) in [4.78, 5) is 38.4. The summed E-state index contributed by atoms with van der Waals surface area (Å²) in [7, 11) is -4.28. The molecule has 6 unspecified atom stereocenters. The fourth-order valence-electron chi connectivity index (χ4n) is 3.52. The van der Waals surface area contributed by atoms with E-state index in [4.69, 9.17) is 18.5 Å². The molecule has 0 spiro atoms. The van der Waals surface area contributed by atoms with Crippen LogP contribution in [0.1, 0.15) is 33.9 Å². The van der Waals surface area contributed by atoms with E-state index in [0.29, 0.717) is 0 Å². The van der Waals surface area contributed by atoms with Crippen LogP contribution in [0.4, 0.5) is 0 Å². The Balaban J connectivity index is 1.82. The summed E-state index contributed by atoms with van der Waals surface area (Å²) in [6.07, 6.45) is -3.62. The zero-order chi connectivity index (χ0) is 27.5. The van der Waals surface area contributed by atoms with Crippen LogP contribution >= 0.6 is 23.7 Å². The molecule has 2 heterocycles. The van der Waals surface area contributed by atoms with Gasteiger partial charge in [-0.15, -0.1) is 0 Å². The minimum absolute atomic E-state index is 0.00655. The summed E-state index contributed by atoms with van der Waals surface area (Å²) in [5.74, 6) is -0.524. The number of ether oxygens (including phenoxy) is 2. The second-order valence-corrected chi connectivity index (χ2v) is 11.4. The van der Waals surface area contributed by atoms with Crippen molar-refractivity contribution in [1.82, 2.24) is 14.6 Å². The van der Waals surface area contributed by atoms with Crippen molar-refractivity contribution >= 4 is 29.6 Å². The Hall–Kier alpha value is -2.32. The molecule has 3 rings (SSSR count). The number of nitrogens with zero attached hydrogens (tertiary/aromatic N) is 1. The van der Waals surface area contributed by atoms with Gasteiger partial charge in [0, 0.05) is 6.20 Å². The number of halogens is 1. The summed E-state index contributed by atoms with van der Waals surface area (Å²) in [5, 5.41) is 24.2. The van der Waals surface area contributed by atoms with Crippen LogP contribution in [0, 0.1) is 0 Å². The summed E-state index contributed by atoms with van der Waals surface area (Å²) in [6, 6.07) is 6.95. The predicted octanol–water partition coefficient (Wildman–Crippen LogP) is 1.44. The lowest BCUT2D eigenvalue weighted by atomic mass is 9.96. The molecule has 37 heavy (non-hydrogen) atoms. The van der Waals surface area contributed by atoms with Gasteiger partial charge in [-0.05, 0) is 55.8 Å². The Labute approximate surface area is 220 Å². The number of para-hydroxylation sites is 1. The Morgan fingerprint density at radius 3 is 2.57 bits per heavy atom. The lowest BCUT2D eigenvalue weighted by Gasteiger charge is -2.27. The number of aliphatic hydroxyl groups is 2. The van der Waals surface area contributed by atoms with Crippen LogP contribution in [-0.2, 0) is 23.4 Å². The van der Waals surface area contributed by atoms with E-state index in [9.17, 15) is 29.2 Å². The summed E-state index contributed by atoms with van der Waals surface area (Å²) in [6.45, 7) is 5.40. The molecule has 1 fully saturated rings. The molecule has 1 aromatic heterocycles. The van der Waals surface area contributed by atoms with Gasteiger partial charge < -0.3 is 24.2 Å². The van der Waals surface area contributed by atoms with Crippen LogP contribution in [0.25, 0.3) is 0 Å². The number of benzene rings is 1. The van der Waals surface area contributed by atoms with Crippen molar-refractivity contribution in [2.45, 2.75) is 63.9 Å². The van der Waals surface area contributed by atoms with Gasteiger partial charge in [-0.2, -0.15) is 5.09 Å². The SMILES string of the molecule is CC(C)OC(=O)C(C)NP(=O)(OCC1OC(n2cc(Br)c(=O)[nH]c2=O)C(C)(O)C1O)Oc1ccccc1. The zero-order valence-electron chi connectivity index (χ0n) is 20.5. The van der Waals surface area contributed by atoms with Crippen LogP contribution in [0.2, 0.25) is 0 Å². The molecule has 0 saturated carbocycles. The number of nitrogens with one attached hydrogen (secondary N) is 2. The number of hydrogen-bond acceptors (Lipinski definition) is 10. The molecule has 2 aromatic rings. The lowest BCUT2D eigenvalue weighted by Crippen LogP contribution is -2.47. The van der Waals surface area contributed by atoms with Crippen molar-refractivity contribution in [2.75, 3.05) is 6.61 Å². The minimum atomic E-state index is -4.28. The first-order chi connectivity index (χ1) is 17.2. The van der Waals surface area contributed by atoms with Gasteiger partial charge in [0.2, 0.25) is 0 Å². The first kappa shape index (κ1) is 29.2. The third kappa shape index (κ3) is 6.96. The van der Waals surface area contributed by atoms with Crippen LogP contribution in [0.15, 0.2) is 50.6 Å². The van der Waals surface area contributed by atoms with Crippen molar-refractivity contribution < 1.29 is 38.1 Å². The van der Waals surface area contributed by atoms with Crippen molar-refractivity contribution in [2.24, 2.45) is 0 Å². The van der Waals surface area contributed by atoms with Crippen molar-refractivity contribution in [3.63, 3.8) is 0 Å². The smallest absolute Gasteiger partial charge is 0.459 e. The molecule has 1 aliphatic rings. The molecular formula is C22H29BrN3O10P. The highest BCUT2D eigenvalue weighted by Gasteiger charge is 2.54.